The van der Waals surface area contributed by atoms with Gasteiger partial charge in [0.05, 0.1) is 26.4 Å². The van der Waals surface area contributed by atoms with Gasteiger partial charge in [-0.15, -0.1) is 0 Å². The van der Waals surface area contributed by atoms with Gasteiger partial charge in [-0.25, -0.2) is 9.13 Å². The molecule has 0 saturated carbocycles. The molecule has 19 heteroatoms. The second-order valence-electron chi connectivity index (χ2n) is 29.1. The van der Waals surface area contributed by atoms with Crippen LogP contribution in [0.15, 0.2) is 0 Å². The first-order valence-corrected chi connectivity index (χ1v) is 42.2. The van der Waals surface area contributed by atoms with Crippen LogP contribution >= 0.6 is 15.6 Å². The number of phosphoric ester groups is 2. The van der Waals surface area contributed by atoms with Gasteiger partial charge in [0, 0.05) is 25.7 Å². The van der Waals surface area contributed by atoms with Crippen LogP contribution in [0, 0.1) is 23.7 Å². The minimum Gasteiger partial charge on any atom is -0.462 e. The fourth-order valence-electron chi connectivity index (χ4n) is 11.5. The summed E-state index contributed by atoms with van der Waals surface area (Å²) in [5.74, 6) is 0.942. The van der Waals surface area contributed by atoms with Crippen molar-refractivity contribution in [2.45, 2.75) is 401 Å². The van der Waals surface area contributed by atoms with Crippen LogP contribution in [0.2, 0.25) is 0 Å². The van der Waals surface area contributed by atoms with Gasteiger partial charge in [-0.2, -0.15) is 0 Å². The van der Waals surface area contributed by atoms with Gasteiger partial charge in [0.25, 0.3) is 0 Å². The van der Waals surface area contributed by atoms with E-state index in [0.717, 1.165) is 114 Å². The summed E-state index contributed by atoms with van der Waals surface area (Å²) in [4.78, 5) is 72.8. The smallest absolute Gasteiger partial charge is 0.462 e. The van der Waals surface area contributed by atoms with E-state index in [1.54, 1.807) is 0 Å². The molecule has 95 heavy (non-hydrogen) atoms. The Balaban J connectivity index is 5.23. The number of phosphoric acid groups is 2. The lowest BCUT2D eigenvalue weighted by atomic mass is 9.99. The van der Waals surface area contributed by atoms with Crippen LogP contribution in [0.5, 0.6) is 0 Å². The summed E-state index contributed by atoms with van der Waals surface area (Å²) in [6.45, 7) is 14.2. The van der Waals surface area contributed by atoms with Crippen molar-refractivity contribution in [3.05, 3.63) is 0 Å². The normalized spacial score (nSPS) is 14.4. The molecule has 564 valence electrons. The molecule has 0 aromatic carbocycles. The maximum atomic E-state index is 13.1. The van der Waals surface area contributed by atoms with Crippen molar-refractivity contribution in [2.24, 2.45) is 23.7 Å². The van der Waals surface area contributed by atoms with Gasteiger partial charge in [0.1, 0.15) is 19.3 Å². The highest BCUT2D eigenvalue weighted by Gasteiger charge is 2.30. The third-order valence-corrected chi connectivity index (χ3v) is 19.8. The largest absolute Gasteiger partial charge is 0.472 e. The van der Waals surface area contributed by atoms with E-state index in [4.69, 9.17) is 37.0 Å². The molecule has 17 nitrogen and oxygen atoms in total. The van der Waals surface area contributed by atoms with Crippen molar-refractivity contribution in [3.8, 4) is 0 Å². The average molecular weight is 1400 g/mol. The number of ether oxygens (including phenoxy) is 4. The second-order valence-corrected chi connectivity index (χ2v) is 32.0. The average Bonchev–Trinajstić information content (AvgIpc) is 1.61. The summed E-state index contributed by atoms with van der Waals surface area (Å²) in [5.41, 5.74) is 0. The fourth-order valence-corrected chi connectivity index (χ4v) is 13.1. The van der Waals surface area contributed by atoms with E-state index >= 15 is 0 Å². The third kappa shape index (κ3) is 69.0. The Morgan fingerprint density at radius 2 is 0.505 bits per heavy atom. The van der Waals surface area contributed by atoms with Crippen LogP contribution in [0.1, 0.15) is 383 Å². The standard InChI is InChI=1S/C76H148O17P2/c1-9-69(8)55-47-39-31-22-18-14-10-11-15-19-23-33-42-50-58-75(80)92-71(62-86-73(78)56-48-40-32-26-25-29-37-45-53-67(4)5)64-90-94(82,83)88-60-70(77)61-89-95(84,85)91-65-72(63-87-74(79)57-49-41-35-27-30-38-46-54-68(6)7)93-76(81)59-51-43-34-24-20-16-12-13-17-21-28-36-44-52-66(2)3/h66-72,77H,9-65H2,1-8H3,(H,82,83)(H,84,85)/t69?,70?,71-,72-/m1/s1. The Kier molecular flexibility index (Phi) is 64.0. The van der Waals surface area contributed by atoms with Gasteiger partial charge in [0.15, 0.2) is 12.2 Å². The van der Waals surface area contributed by atoms with Crippen LogP contribution in [-0.4, -0.2) is 96.7 Å². The van der Waals surface area contributed by atoms with Crippen LogP contribution in [0.25, 0.3) is 0 Å². The van der Waals surface area contributed by atoms with E-state index in [-0.39, 0.29) is 25.7 Å². The number of hydrogen-bond acceptors (Lipinski definition) is 15. The lowest BCUT2D eigenvalue weighted by molar-refractivity contribution is -0.161. The molecule has 0 radical (unpaired) electrons. The highest BCUT2D eigenvalue weighted by molar-refractivity contribution is 7.47. The summed E-state index contributed by atoms with van der Waals surface area (Å²) in [5, 5.41) is 10.6. The third-order valence-electron chi connectivity index (χ3n) is 17.9. The molecule has 0 saturated heterocycles. The Bertz CT molecular complexity index is 1870. The maximum absolute atomic E-state index is 13.1. The van der Waals surface area contributed by atoms with Crippen molar-refractivity contribution in [2.75, 3.05) is 39.6 Å². The molecule has 0 aromatic heterocycles. The fraction of sp³-hybridized carbons (Fsp3) is 0.947. The first kappa shape index (κ1) is 93.1. The number of carbonyl (C=O) groups excluding carboxylic acids is 4. The van der Waals surface area contributed by atoms with Crippen molar-refractivity contribution >= 4 is 39.5 Å². The van der Waals surface area contributed by atoms with Crippen LogP contribution in [-0.2, 0) is 65.4 Å². The predicted octanol–water partition coefficient (Wildman–Crippen LogP) is 22.0. The number of aliphatic hydroxyl groups is 1. The van der Waals surface area contributed by atoms with Gasteiger partial charge in [-0.3, -0.25) is 37.3 Å². The highest BCUT2D eigenvalue weighted by atomic mass is 31.2. The number of carbonyl (C=O) groups is 4. The maximum Gasteiger partial charge on any atom is 0.472 e. The zero-order valence-corrected chi connectivity index (χ0v) is 64.1. The molecule has 0 rings (SSSR count). The molecule has 0 bridgehead atoms. The van der Waals surface area contributed by atoms with Gasteiger partial charge in [0.2, 0.25) is 0 Å². The van der Waals surface area contributed by atoms with Gasteiger partial charge in [-0.05, 0) is 49.4 Å². The van der Waals surface area contributed by atoms with Crippen LogP contribution in [0.4, 0.5) is 0 Å². The lowest BCUT2D eigenvalue weighted by Crippen LogP contribution is -2.30. The predicted molar refractivity (Wildman–Crippen MR) is 386 cm³/mol. The monoisotopic (exact) mass is 1400 g/mol. The zero-order chi connectivity index (χ0) is 70.3. The number of esters is 4. The first-order valence-electron chi connectivity index (χ1n) is 39.2. The number of unbranched alkanes of at least 4 members (excludes halogenated alkanes) is 38. The molecule has 0 aliphatic rings. The summed E-state index contributed by atoms with van der Waals surface area (Å²) in [6.07, 6.45) is 50.0. The minimum atomic E-state index is -4.96. The Hall–Kier alpha value is -1.94. The van der Waals surface area contributed by atoms with E-state index in [0.29, 0.717) is 31.6 Å². The zero-order valence-electron chi connectivity index (χ0n) is 62.3. The van der Waals surface area contributed by atoms with Gasteiger partial charge in [-0.1, -0.05) is 331 Å². The highest BCUT2D eigenvalue weighted by Crippen LogP contribution is 2.45. The summed E-state index contributed by atoms with van der Waals surface area (Å²) in [7, 11) is -9.91. The molecule has 0 fully saturated rings. The minimum absolute atomic E-state index is 0.106. The van der Waals surface area contributed by atoms with Crippen molar-refractivity contribution < 1.29 is 80.2 Å². The van der Waals surface area contributed by atoms with Crippen molar-refractivity contribution in [1.29, 1.82) is 0 Å². The topological polar surface area (TPSA) is 237 Å². The number of rotatable bonds is 73. The molecule has 0 aromatic rings. The lowest BCUT2D eigenvalue weighted by Gasteiger charge is -2.21. The molecule has 0 heterocycles. The summed E-state index contributed by atoms with van der Waals surface area (Å²) < 4.78 is 68.5. The summed E-state index contributed by atoms with van der Waals surface area (Å²) >= 11 is 0. The first-order chi connectivity index (χ1) is 45.6. The second kappa shape index (κ2) is 65.4. The Labute approximate surface area is 581 Å². The SMILES string of the molecule is CCC(C)CCCCCCCCCCCCCCCCC(=O)O[C@H](COC(=O)CCCCCCCCCCC(C)C)COP(=O)(O)OCC(O)COP(=O)(O)OC[C@@H](COC(=O)CCCCCCCCCC(C)C)OC(=O)CCCCCCCCCCCCCCCC(C)C. The van der Waals surface area contributed by atoms with E-state index in [1.807, 2.05) is 0 Å². The molecule has 6 atom stereocenters. The van der Waals surface area contributed by atoms with Gasteiger partial charge < -0.3 is 33.8 Å². The molecule has 0 aliphatic heterocycles. The molecule has 0 amide bonds. The Morgan fingerprint density at radius 1 is 0.295 bits per heavy atom. The molecular formula is C76H148O17P2. The van der Waals surface area contributed by atoms with E-state index in [9.17, 15) is 43.2 Å². The molecule has 3 N–H and O–H groups in total. The van der Waals surface area contributed by atoms with Gasteiger partial charge >= 0.3 is 39.5 Å². The molecule has 4 unspecified atom stereocenters. The van der Waals surface area contributed by atoms with E-state index in [1.165, 1.54) is 180 Å². The molecular weight excluding hydrogens is 1250 g/mol. The van der Waals surface area contributed by atoms with E-state index < -0.39 is 97.5 Å². The van der Waals surface area contributed by atoms with E-state index in [2.05, 4.69) is 55.4 Å². The Morgan fingerprint density at radius 3 is 0.747 bits per heavy atom. The quantitative estimate of drug-likeness (QED) is 0.0222. The molecule has 0 spiro atoms. The van der Waals surface area contributed by atoms with Crippen molar-refractivity contribution in [3.63, 3.8) is 0 Å². The molecule has 0 aliphatic carbocycles. The van der Waals surface area contributed by atoms with Crippen molar-refractivity contribution in [1.82, 2.24) is 0 Å². The number of aliphatic hydroxyl groups excluding tert-OH is 1. The summed E-state index contributed by atoms with van der Waals surface area (Å²) in [6, 6.07) is 0. The number of hydrogen-bond donors (Lipinski definition) is 3. The van der Waals surface area contributed by atoms with Crippen LogP contribution < -0.4 is 0 Å². The van der Waals surface area contributed by atoms with Crippen LogP contribution in [0.3, 0.4) is 0 Å².